The molecule has 0 radical (unpaired) electrons. The Bertz CT molecular complexity index is 655. The summed E-state index contributed by atoms with van der Waals surface area (Å²) in [4.78, 5) is 12.4. The minimum absolute atomic E-state index is 0.0335. The van der Waals surface area contributed by atoms with Crippen molar-refractivity contribution in [1.29, 1.82) is 0 Å². The monoisotopic (exact) mass is 666 g/mol. The first-order valence-corrected chi connectivity index (χ1v) is 21.0. The summed E-state index contributed by atoms with van der Waals surface area (Å²) in [6, 6.07) is -0.656. The summed E-state index contributed by atoms with van der Waals surface area (Å²) in [5.74, 6) is -0.287. The zero-order valence-electron chi connectivity index (χ0n) is 31.7. The standard InChI is InChI=1S/C42H83NO4/c1-3-5-7-9-11-13-15-17-18-19-20-21-22-24-25-27-29-31-33-35-39(45)37-42(47)43-40(38-44)41(46)36-34-32-30-28-26-23-16-14-12-10-8-6-4-2/h21-22,39-41,44-46H,3-20,23-38H2,1-2H3,(H,43,47)/b22-21-. The van der Waals surface area contributed by atoms with Crippen LogP contribution in [0.4, 0.5) is 0 Å². The maximum absolute atomic E-state index is 12.4. The third-order valence-electron chi connectivity index (χ3n) is 9.83. The average molecular weight is 666 g/mol. The van der Waals surface area contributed by atoms with E-state index in [1.807, 2.05) is 0 Å². The normalized spacial score (nSPS) is 13.7. The fourth-order valence-electron chi connectivity index (χ4n) is 6.58. The van der Waals surface area contributed by atoms with Gasteiger partial charge in [-0.15, -0.1) is 0 Å². The third-order valence-corrected chi connectivity index (χ3v) is 9.83. The molecule has 0 heterocycles. The van der Waals surface area contributed by atoms with Crippen LogP contribution in [-0.4, -0.2) is 46.1 Å². The van der Waals surface area contributed by atoms with E-state index in [1.165, 1.54) is 161 Å². The Morgan fingerprint density at radius 2 is 0.851 bits per heavy atom. The van der Waals surface area contributed by atoms with Gasteiger partial charge in [0.05, 0.1) is 31.3 Å². The number of nitrogens with one attached hydrogen (secondary N) is 1. The van der Waals surface area contributed by atoms with Crippen molar-refractivity contribution in [3.63, 3.8) is 0 Å². The van der Waals surface area contributed by atoms with Crippen LogP contribution in [-0.2, 0) is 4.79 Å². The zero-order chi connectivity index (χ0) is 34.5. The number of unbranched alkanes of at least 4 members (excludes halogenated alkanes) is 27. The van der Waals surface area contributed by atoms with Crippen LogP contribution in [0.15, 0.2) is 12.2 Å². The Kier molecular flexibility index (Phi) is 37.2. The first kappa shape index (κ1) is 46.1. The molecule has 1 amide bonds. The highest BCUT2D eigenvalue weighted by Gasteiger charge is 2.21. The van der Waals surface area contributed by atoms with Crippen LogP contribution in [0.2, 0.25) is 0 Å². The van der Waals surface area contributed by atoms with Gasteiger partial charge in [0.1, 0.15) is 0 Å². The van der Waals surface area contributed by atoms with Crippen molar-refractivity contribution in [2.24, 2.45) is 0 Å². The summed E-state index contributed by atoms with van der Waals surface area (Å²) in [7, 11) is 0. The van der Waals surface area contributed by atoms with Gasteiger partial charge in [0.15, 0.2) is 0 Å². The van der Waals surface area contributed by atoms with E-state index < -0.39 is 18.2 Å². The van der Waals surface area contributed by atoms with Crippen molar-refractivity contribution in [1.82, 2.24) is 5.32 Å². The molecule has 0 aliphatic rings. The number of hydrogen-bond acceptors (Lipinski definition) is 4. The molecule has 0 saturated carbocycles. The maximum Gasteiger partial charge on any atom is 0.222 e. The summed E-state index contributed by atoms with van der Waals surface area (Å²) < 4.78 is 0. The molecule has 0 saturated heterocycles. The lowest BCUT2D eigenvalue weighted by atomic mass is 10.0. The number of carbonyl (C=O) groups excluding carboxylic acids is 1. The smallest absolute Gasteiger partial charge is 0.222 e. The number of aliphatic hydroxyl groups excluding tert-OH is 3. The van der Waals surface area contributed by atoms with Crippen LogP contribution in [0.3, 0.4) is 0 Å². The van der Waals surface area contributed by atoms with Gasteiger partial charge in [-0.2, -0.15) is 0 Å². The number of rotatable bonds is 38. The van der Waals surface area contributed by atoms with Crippen LogP contribution in [0.25, 0.3) is 0 Å². The van der Waals surface area contributed by atoms with Gasteiger partial charge in [-0.3, -0.25) is 4.79 Å². The summed E-state index contributed by atoms with van der Waals surface area (Å²) in [6.45, 7) is 4.26. The molecule has 280 valence electrons. The molecule has 5 nitrogen and oxygen atoms in total. The van der Waals surface area contributed by atoms with Gasteiger partial charge < -0.3 is 20.6 Å². The third kappa shape index (κ3) is 34.7. The van der Waals surface area contributed by atoms with Crippen LogP contribution in [0.5, 0.6) is 0 Å². The van der Waals surface area contributed by atoms with Crippen LogP contribution < -0.4 is 5.32 Å². The Morgan fingerprint density at radius 1 is 0.511 bits per heavy atom. The minimum Gasteiger partial charge on any atom is -0.394 e. The van der Waals surface area contributed by atoms with E-state index in [9.17, 15) is 20.1 Å². The number of amides is 1. The predicted octanol–water partition coefficient (Wildman–Crippen LogP) is 11.7. The van der Waals surface area contributed by atoms with Crippen molar-refractivity contribution in [2.45, 2.75) is 244 Å². The van der Waals surface area contributed by atoms with E-state index in [0.29, 0.717) is 12.8 Å². The van der Waals surface area contributed by atoms with Gasteiger partial charge in [-0.25, -0.2) is 0 Å². The van der Waals surface area contributed by atoms with Gasteiger partial charge >= 0.3 is 0 Å². The molecule has 0 aromatic carbocycles. The van der Waals surface area contributed by atoms with Gasteiger partial charge in [-0.05, 0) is 38.5 Å². The molecule has 0 rings (SSSR count). The first-order valence-electron chi connectivity index (χ1n) is 21.0. The van der Waals surface area contributed by atoms with Gasteiger partial charge in [0, 0.05) is 0 Å². The van der Waals surface area contributed by atoms with E-state index in [4.69, 9.17) is 0 Å². The lowest BCUT2D eigenvalue weighted by Gasteiger charge is -2.23. The first-order chi connectivity index (χ1) is 23.0. The Hall–Kier alpha value is -0.910. The molecule has 5 heteroatoms. The second kappa shape index (κ2) is 37.9. The molecule has 0 bridgehead atoms. The Labute approximate surface area is 293 Å². The quantitative estimate of drug-likeness (QED) is 0.0390. The van der Waals surface area contributed by atoms with E-state index in [-0.39, 0.29) is 18.9 Å². The van der Waals surface area contributed by atoms with Crippen LogP contribution in [0, 0.1) is 0 Å². The highest BCUT2D eigenvalue weighted by Crippen LogP contribution is 2.16. The molecule has 0 aliphatic carbocycles. The van der Waals surface area contributed by atoms with E-state index >= 15 is 0 Å². The lowest BCUT2D eigenvalue weighted by Crippen LogP contribution is -2.46. The predicted molar refractivity (Wildman–Crippen MR) is 204 cm³/mol. The fourth-order valence-corrected chi connectivity index (χ4v) is 6.58. The number of hydrogen-bond donors (Lipinski definition) is 4. The molecule has 0 aliphatic heterocycles. The van der Waals surface area contributed by atoms with Gasteiger partial charge in [0.25, 0.3) is 0 Å². The van der Waals surface area contributed by atoms with Crippen molar-refractivity contribution < 1.29 is 20.1 Å². The molecule has 0 fully saturated rings. The Morgan fingerprint density at radius 3 is 1.23 bits per heavy atom. The van der Waals surface area contributed by atoms with E-state index in [1.54, 1.807) is 0 Å². The fraction of sp³-hybridized carbons (Fsp3) is 0.929. The summed E-state index contributed by atoms with van der Waals surface area (Å²) >= 11 is 0. The van der Waals surface area contributed by atoms with Crippen molar-refractivity contribution >= 4 is 5.91 Å². The Balaban J connectivity index is 3.63. The zero-order valence-corrected chi connectivity index (χ0v) is 31.7. The molecule has 0 spiro atoms. The van der Waals surface area contributed by atoms with E-state index in [0.717, 1.165) is 32.1 Å². The van der Waals surface area contributed by atoms with Crippen molar-refractivity contribution in [2.75, 3.05) is 6.61 Å². The highest BCUT2D eigenvalue weighted by molar-refractivity contribution is 5.76. The van der Waals surface area contributed by atoms with Gasteiger partial charge in [0.2, 0.25) is 5.91 Å². The second-order valence-electron chi connectivity index (χ2n) is 14.6. The topological polar surface area (TPSA) is 89.8 Å². The molecule has 47 heavy (non-hydrogen) atoms. The molecule has 4 N–H and O–H groups in total. The number of carbonyl (C=O) groups is 1. The molecule has 3 atom stereocenters. The highest BCUT2D eigenvalue weighted by atomic mass is 16.3. The summed E-state index contributed by atoms with van der Waals surface area (Å²) in [5, 5.41) is 33.3. The SMILES string of the molecule is CCCCCCCCCCCC/C=C\CCCCCCCC(O)CC(=O)NC(CO)C(O)CCCCCCCCCCCCCCC. The largest absolute Gasteiger partial charge is 0.394 e. The molecule has 3 unspecified atom stereocenters. The van der Waals surface area contributed by atoms with Crippen molar-refractivity contribution in [3.05, 3.63) is 12.2 Å². The minimum atomic E-state index is -0.747. The molecule has 0 aromatic rings. The van der Waals surface area contributed by atoms with Gasteiger partial charge in [-0.1, -0.05) is 193 Å². The van der Waals surface area contributed by atoms with E-state index in [2.05, 4.69) is 31.3 Å². The maximum atomic E-state index is 12.4. The van der Waals surface area contributed by atoms with Crippen molar-refractivity contribution in [3.8, 4) is 0 Å². The summed E-state index contributed by atoms with van der Waals surface area (Å²) in [5.41, 5.74) is 0. The number of aliphatic hydroxyl groups is 3. The van der Waals surface area contributed by atoms with Crippen LogP contribution >= 0.6 is 0 Å². The lowest BCUT2D eigenvalue weighted by molar-refractivity contribution is -0.125. The summed E-state index contributed by atoms with van der Waals surface area (Å²) in [6.07, 6.45) is 43.1. The number of allylic oxidation sites excluding steroid dienone is 2. The molecular formula is C42H83NO4. The van der Waals surface area contributed by atoms with Crippen LogP contribution in [0.1, 0.15) is 226 Å². The second-order valence-corrected chi connectivity index (χ2v) is 14.6. The average Bonchev–Trinajstić information content (AvgIpc) is 3.06. The molecule has 0 aromatic heterocycles. The molecular weight excluding hydrogens is 582 g/mol.